The number of benzene rings is 2. The van der Waals surface area contributed by atoms with Crippen molar-refractivity contribution in [1.82, 2.24) is 4.98 Å². The number of aryl methyl sites for hydroxylation is 1. The van der Waals surface area contributed by atoms with Crippen LogP contribution in [0.4, 0.5) is 17.2 Å². The van der Waals surface area contributed by atoms with E-state index >= 15 is 0 Å². The van der Waals surface area contributed by atoms with E-state index in [1.807, 2.05) is 31.2 Å². The zero-order valence-electron chi connectivity index (χ0n) is 15.0. The van der Waals surface area contributed by atoms with Crippen molar-refractivity contribution in [3.8, 4) is 0 Å². The summed E-state index contributed by atoms with van der Waals surface area (Å²) in [5.74, 6) is -0.0768. The Morgan fingerprint density at radius 2 is 1.63 bits per heavy atom. The molecule has 2 aromatic carbocycles. The van der Waals surface area contributed by atoms with Gasteiger partial charge in [0.1, 0.15) is 5.82 Å². The summed E-state index contributed by atoms with van der Waals surface area (Å²) in [5.41, 5.74) is 3.11. The summed E-state index contributed by atoms with van der Waals surface area (Å²) in [6.07, 6.45) is 1.55. The molecule has 0 aliphatic carbocycles. The number of hydrogen-bond donors (Lipinski definition) is 2. The van der Waals surface area contributed by atoms with Gasteiger partial charge in [-0.1, -0.05) is 30.3 Å². The molecular weight excluding hydrogens is 342 g/mol. The van der Waals surface area contributed by atoms with E-state index in [1.54, 1.807) is 42.6 Å². The molecule has 27 heavy (non-hydrogen) atoms. The van der Waals surface area contributed by atoms with Gasteiger partial charge in [0.25, 0.3) is 5.91 Å². The molecule has 3 rings (SSSR count). The lowest BCUT2D eigenvalue weighted by atomic mass is 10.1. The van der Waals surface area contributed by atoms with E-state index in [0.29, 0.717) is 28.3 Å². The highest BCUT2D eigenvalue weighted by atomic mass is 16.5. The SMILES string of the molecule is COC(=O)c1ccccc1Nc1ccc(NC(=O)c2ccccc2C)cn1. The van der Waals surface area contributed by atoms with E-state index in [9.17, 15) is 9.59 Å². The number of hydrogen-bond acceptors (Lipinski definition) is 5. The quantitative estimate of drug-likeness (QED) is 0.667. The van der Waals surface area contributed by atoms with E-state index in [4.69, 9.17) is 4.74 Å². The van der Waals surface area contributed by atoms with Crippen molar-refractivity contribution in [2.45, 2.75) is 6.92 Å². The Bertz CT molecular complexity index is 968. The standard InChI is InChI=1S/C21H19N3O3/c1-14-7-3-4-8-16(14)20(25)23-15-11-12-19(22-13-15)24-18-10-6-5-9-17(18)21(26)27-2/h3-13H,1-2H3,(H,22,24)(H,23,25). The van der Waals surface area contributed by atoms with Gasteiger partial charge < -0.3 is 15.4 Å². The number of rotatable bonds is 5. The van der Waals surface area contributed by atoms with Crippen molar-refractivity contribution in [3.05, 3.63) is 83.6 Å². The lowest BCUT2D eigenvalue weighted by Crippen LogP contribution is -2.13. The largest absolute Gasteiger partial charge is 0.465 e. The second kappa shape index (κ2) is 8.14. The molecule has 3 aromatic rings. The van der Waals surface area contributed by atoms with Gasteiger partial charge in [0, 0.05) is 5.56 Å². The smallest absolute Gasteiger partial charge is 0.339 e. The van der Waals surface area contributed by atoms with Crippen LogP contribution in [0, 0.1) is 6.92 Å². The number of carbonyl (C=O) groups excluding carboxylic acids is 2. The van der Waals surface area contributed by atoms with Gasteiger partial charge in [0.05, 0.1) is 30.2 Å². The Morgan fingerprint density at radius 3 is 2.30 bits per heavy atom. The van der Waals surface area contributed by atoms with Crippen molar-refractivity contribution in [1.29, 1.82) is 0 Å². The molecule has 1 aromatic heterocycles. The second-order valence-corrected chi connectivity index (χ2v) is 5.86. The summed E-state index contributed by atoms with van der Waals surface area (Å²) in [7, 11) is 1.34. The first kappa shape index (κ1) is 18.1. The van der Waals surface area contributed by atoms with Crippen molar-refractivity contribution in [2.24, 2.45) is 0 Å². The lowest BCUT2D eigenvalue weighted by molar-refractivity contribution is 0.0601. The zero-order valence-corrected chi connectivity index (χ0v) is 15.0. The summed E-state index contributed by atoms with van der Waals surface area (Å²) in [6, 6.07) is 17.9. The number of nitrogens with one attached hydrogen (secondary N) is 2. The normalized spacial score (nSPS) is 10.1. The molecule has 1 heterocycles. The summed E-state index contributed by atoms with van der Waals surface area (Å²) in [6.45, 7) is 1.89. The number of esters is 1. The molecule has 1 amide bonds. The van der Waals surface area contributed by atoms with E-state index in [-0.39, 0.29) is 5.91 Å². The van der Waals surface area contributed by atoms with Crippen LogP contribution in [0.1, 0.15) is 26.3 Å². The van der Waals surface area contributed by atoms with Crippen LogP contribution in [0.15, 0.2) is 66.9 Å². The number of pyridine rings is 1. The Hall–Kier alpha value is -3.67. The maximum atomic E-state index is 12.4. The van der Waals surface area contributed by atoms with E-state index in [2.05, 4.69) is 15.6 Å². The molecule has 0 spiro atoms. The summed E-state index contributed by atoms with van der Waals surface area (Å²) in [5, 5.41) is 5.91. The topological polar surface area (TPSA) is 80.3 Å². The number of aromatic nitrogens is 1. The number of carbonyl (C=O) groups is 2. The first-order valence-electron chi connectivity index (χ1n) is 8.36. The molecule has 2 N–H and O–H groups in total. The number of methoxy groups -OCH3 is 1. The number of anilines is 3. The third kappa shape index (κ3) is 4.30. The van der Waals surface area contributed by atoms with Gasteiger partial charge in [0.2, 0.25) is 0 Å². The van der Waals surface area contributed by atoms with Gasteiger partial charge >= 0.3 is 5.97 Å². The monoisotopic (exact) mass is 361 g/mol. The molecule has 0 atom stereocenters. The van der Waals surface area contributed by atoms with E-state index in [0.717, 1.165) is 5.56 Å². The second-order valence-electron chi connectivity index (χ2n) is 5.86. The van der Waals surface area contributed by atoms with Crippen LogP contribution in [-0.2, 0) is 4.74 Å². The summed E-state index contributed by atoms with van der Waals surface area (Å²) >= 11 is 0. The summed E-state index contributed by atoms with van der Waals surface area (Å²) < 4.78 is 4.78. The molecule has 0 bridgehead atoms. The van der Waals surface area contributed by atoms with Crippen LogP contribution in [0.2, 0.25) is 0 Å². The third-order valence-electron chi connectivity index (χ3n) is 4.01. The van der Waals surface area contributed by atoms with E-state index < -0.39 is 5.97 Å². The Labute approximate surface area is 157 Å². The fourth-order valence-electron chi connectivity index (χ4n) is 2.59. The Balaban J connectivity index is 1.72. The molecule has 0 fully saturated rings. The lowest BCUT2D eigenvalue weighted by Gasteiger charge is -2.11. The minimum atomic E-state index is -0.430. The van der Waals surface area contributed by atoms with Crippen LogP contribution < -0.4 is 10.6 Å². The van der Waals surface area contributed by atoms with Gasteiger partial charge in [-0.2, -0.15) is 0 Å². The first-order valence-corrected chi connectivity index (χ1v) is 8.36. The highest BCUT2D eigenvalue weighted by Gasteiger charge is 2.12. The maximum Gasteiger partial charge on any atom is 0.339 e. The van der Waals surface area contributed by atoms with Gasteiger partial charge in [-0.15, -0.1) is 0 Å². The number of para-hydroxylation sites is 1. The minimum absolute atomic E-state index is 0.188. The van der Waals surface area contributed by atoms with Gasteiger partial charge in [0.15, 0.2) is 0 Å². The Morgan fingerprint density at radius 1 is 0.926 bits per heavy atom. The van der Waals surface area contributed by atoms with Crippen LogP contribution in [0.25, 0.3) is 0 Å². The molecule has 6 nitrogen and oxygen atoms in total. The highest BCUT2D eigenvalue weighted by Crippen LogP contribution is 2.21. The van der Waals surface area contributed by atoms with Crippen LogP contribution in [0.5, 0.6) is 0 Å². The van der Waals surface area contributed by atoms with E-state index in [1.165, 1.54) is 7.11 Å². The number of nitrogens with zero attached hydrogens (tertiary/aromatic N) is 1. The molecular formula is C21H19N3O3. The first-order chi connectivity index (χ1) is 13.1. The fourth-order valence-corrected chi connectivity index (χ4v) is 2.59. The molecule has 0 aliphatic heterocycles. The third-order valence-corrected chi connectivity index (χ3v) is 4.01. The Kier molecular flexibility index (Phi) is 5.47. The molecule has 6 heteroatoms. The van der Waals surface area contributed by atoms with Crippen molar-refractivity contribution in [2.75, 3.05) is 17.7 Å². The van der Waals surface area contributed by atoms with Gasteiger partial charge in [-0.05, 0) is 42.8 Å². The molecule has 0 saturated heterocycles. The van der Waals surface area contributed by atoms with Crippen LogP contribution in [0.3, 0.4) is 0 Å². The zero-order chi connectivity index (χ0) is 19.2. The van der Waals surface area contributed by atoms with Crippen LogP contribution in [-0.4, -0.2) is 24.0 Å². The fraction of sp³-hybridized carbons (Fsp3) is 0.0952. The summed E-state index contributed by atoms with van der Waals surface area (Å²) in [4.78, 5) is 28.5. The predicted molar refractivity (Wildman–Crippen MR) is 104 cm³/mol. The number of amides is 1. The van der Waals surface area contributed by atoms with Gasteiger partial charge in [-0.3, -0.25) is 4.79 Å². The molecule has 0 aliphatic rings. The molecule has 0 unspecified atom stereocenters. The van der Waals surface area contributed by atoms with Crippen molar-refractivity contribution < 1.29 is 14.3 Å². The van der Waals surface area contributed by atoms with Crippen molar-refractivity contribution >= 4 is 29.1 Å². The minimum Gasteiger partial charge on any atom is -0.465 e. The van der Waals surface area contributed by atoms with Crippen molar-refractivity contribution in [3.63, 3.8) is 0 Å². The average Bonchev–Trinajstić information content (AvgIpc) is 2.69. The number of ether oxygens (including phenoxy) is 1. The van der Waals surface area contributed by atoms with Crippen LogP contribution >= 0.6 is 0 Å². The highest BCUT2D eigenvalue weighted by molar-refractivity contribution is 6.05. The average molecular weight is 361 g/mol. The molecule has 136 valence electrons. The maximum absolute atomic E-state index is 12.4. The molecule has 0 radical (unpaired) electrons. The van der Waals surface area contributed by atoms with Gasteiger partial charge in [-0.25, -0.2) is 9.78 Å². The predicted octanol–water partition coefficient (Wildman–Crippen LogP) is 4.17. The molecule has 0 saturated carbocycles.